The summed E-state index contributed by atoms with van der Waals surface area (Å²) in [6.45, 7) is 0.248. The summed E-state index contributed by atoms with van der Waals surface area (Å²) in [4.78, 5) is 42.5. The summed E-state index contributed by atoms with van der Waals surface area (Å²) in [6, 6.07) is 16.2. The minimum absolute atomic E-state index is 0.00948. The van der Waals surface area contributed by atoms with Crippen LogP contribution in [0.4, 0.5) is 5.69 Å². The van der Waals surface area contributed by atoms with Gasteiger partial charge in [0.2, 0.25) is 5.91 Å². The number of carbonyl (C=O) groups is 3. The smallest absolute Gasteiger partial charge is 0.267 e. The summed E-state index contributed by atoms with van der Waals surface area (Å²) in [5.74, 6) is -1.34. The molecule has 1 atom stereocenters. The zero-order chi connectivity index (χ0) is 25.4. The van der Waals surface area contributed by atoms with Gasteiger partial charge in [0.1, 0.15) is 10.9 Å². The van der Waals surface area contributed by atoms with Crippen molar-refractivity contribution in [2.75, 3.05) is 29.5 Å². The van der Waals surface area contributed by atoms with E-state index in [1.807, 2.05) is 30.3 Å². The van der Waals surface area contributed by atoms with E-state index in [2.05, 4.69) is 5.32 Å². The molecule has 0 bridgehead atoms. The molecule has 8 nitrogen and oxygen atoms in total. The number of thiocarbonyl (C=S) groups is 1. The maximum absolute atomic E-state index is 13.5. The Balaban J connectivity index is 1.36. The first-order chi connectivity index (χ1) is 17.2. The second-order valence-corrected chi connectivity index (χ2v) is 12.7. The third-order valence-corrected chi connectivity index (χ3v) is 9.55. The third kappa shape index (κ3) is 4.70. The Kier molecular flexibility index (Phi) is 6.71. The van der Waals surface area contributed by atoms with Crippen molar-refractivity contribution in [1.82, 2.24) is 10.2 Å². The molecule has 1 N–H and O–H groups in total. The van der Waals surface area contributed by atoms with Crippen LogP contribution in [0.1, 0.15) is 17.5 Å². The highest BCUT2D eigenvalue weighted by Crippen LogP contribution is 2.45. The van der Waals surface area contributed by atoms with Gasteiger partial charge < -0.3 is 5.32 Å². The molecule has 0 aromatic heterocycles. The summed E-state index contributed by atoms with van der Waals surface area (Å²) < 4.78 is 24.2. The number of nitrogens with one attached hydrogen (secondary N) is 1. The average molecular weight is 542 g/mol. The summed E-state index contributed by atoms with van der Waals surface area (Å²) in [5, 5.41) is 2.85. The number of nitrogens with zero attached hydrogens (tertiary/aromatic N) is 2. The number of benzene rings is 2. The number of amides is 3. The van der Waals surface area contributed by atoms with Crippen molar-refractivity contribution in [3.05, 3.63) is 70.6 Å². The van der Waals surface area contributed by atoms with Crippen LogP contribution in [0.15, 0.2) is 59.5 Å². The fourth-order valence-electron chi connectivity index (χ4n) is 4.67. The first kappa shape index (κ1) is 24.7. The van der Waals surface area contributed by atoms with Crippen molar-refractivity contribution in [2.24, 2.45) is 0 Å². The first-order valence-corrected chi connectivity index (χ1v) is 14.5. The fourth-order valence-corrected chi connectivity index (χ4v) is 7.84. The highest BCUT2D eigenvalue weighted by Gasteiger charge is 2.46. The van der Waals surface area contributed by atoms with E-state index in [1.165, 1.54) is 9.80 Å². The quantitative estimate of drug-likeness (QED) is 0.442. The Bertz CT molecular complexity index is 1410. The molecule has 186 valence electrons. The van der Waals surface area contributed by atoms with Gasteiger partial charge >= 0.3 is 0 Å². The van der Waals surface area contributed by atoms with Crippen LogP contribution in [0.2, 0.25) is 0 Å². The van der Waals surface area contributed by atoms with Gasteiger partial charge in [-0.25, -0.2) is 8.42 Å². The van der Waals surface area contributed by atoms with E-state index in [0.29, 0.717) is 30.6 Å². The average Bonchev–Trinajstić information content (AvgIpc) is 3.44. The first-order valence-electron chi connectivity index (χ1n) is 11.5. The van der Waals surface area contributed by atoms with E-state index in [0.717, 1.165) is 17.3 Å². The van der Waals surface area contributed by atoms with Gasteiger partial charge in [-0.3, -0.25) is 24.2 Å². The van der Waals surface area contributed by atoms with Crippen molar-refractivity contribution in [2.45, 2.75) is 18.9 Å². The van der Waals surface area contributed by atoms with Gasteiger partial charge in [-0.2, -0.15) is 0 Å². The number of hydrogen-bond acceptors (Lipinski definition) is 7. The molecule has 0 radical (unpaired) electrons. The van der Waals surface area contributed by atoms with Gasteiger partial charge in [0.15, 0.2) is 9.84 Å². The monoisotopic (exact) mass is 541 g/mol. The van der Waals surface area contributed by atoms with Gasteiger partial charge in [0.25, 0.3) is 11.8 Å². The summed E-state index contributed by atoms with van der Waals surface area (Å²) in [5.41, 5.74) is 2.40. The van der Waals surface area contributed by atoms with Gasteiger partial charge in [-0.1, -0.05) is 72.5 Å². The van der Waals surface area contributed by atoms with Crippen molar-refractivity contribution in [3.63, 3.8) is 0 Å². The lowest BCUT2D eigenvalue weighted by Gasteiger charge is -2.21. The normalized spacial score (nSPS) is 22.9. The molecule has 3 heterocycles. The third-order valence-electron chi connectivity index (χ3n) is 6.40. The van der Waals surface area contributed by atoms with E-state index < -0.39 is 27.7 Å². The molecule has 3 aliphatic rings. The number of fused-ring (bicyclic) bond motifs is 1. The molecule has 0 aliphatic carbocycles. The van der Waals surface area contributed by atoms with Crippen molar-refractivity contribution in [3.8, 4) is 0 Å². The van der Waals surface area contributed by atoms with Crippen LogP contribution < -0.4 is 10.2 Å². The molecule has 36 heavy (non-hydrogen) atoms. The minimum atomic E-state index is -3.22. The SMILES string of the molecule is O=C(CN1C(=O)/C(=C2\SC(=S)N([C@H]3CCS(=O)(=O)C3)C2=O)c2ccccc21)NCCc1ccccc1. The van der Waals surface area contributed by atoms with Crippen LogP contribution in [0.5, 0.6) is 0 Å². The van der Waals surface area contributed by atoms with Crippen molar-refractivity contribution < 1.29 is 22.8 Å². The van der Waals surface area contributed by atoms with Gasteiger partial charge in [-0.15, -0.1) is 0 Å². The topological polar surface area (TPSA) is 104 Å². The standard InChI is InChI=1S/C25H23N3O5S3/c29-20(26-12-10-16-6-2-1-3-7-16)14-27-19-9-5-4-8-18(19)21(23(27)30)22-24(31)28(25(34)35-22)17-11-13-36(32,33)15-17/h1-9,17H,10-15H2,(H,26,29)/b22-21-/t17-/m0/s1. The van der Waals surface area contributed by atoms with Crippen LogP contribution in [-0.4, -0.2) is 66.0 Å². The van der Waals surface area contributed by atoms with E-state index in [1.54, 1.807) is 24.3 Å². The molecule has 3 aliphatic heterocycles. The fraction of sp³-hybridized carbons (Fsp3) is 0.280. The maximum Gasteiger partial charge on any atom is 0.267 e. The molecule has 2 fully saturated rings. The largest absolute Gasteiger partial charge is 0.354 e. The number of hydrogen-bond donors (Lipinski definition) is 1. The number of rotatable bonds is 6. The Morgan fingerprint density at radius 2 is 1.78 bits per heavy atom. The van der Waals surface area contributed by atoms with Crippen molar-refractivity contribution >= 4 is 67.1 Å². The molecule has 5 rings (SSSR count). The minimum Gasteiger partial charge on any atom is -0.354 e. The number of anilines is 1. The predicted octanol–water partition coefficient (Wildman–Crippen LogP) is 2.15. The van der Waals surface area contributed by atoms with Crippen LogP contribution in [0.3, 0.4) is 0 Å². The maximum atomic E-state index is 13.5. The summed E-state index contributed by atoms with van der Waals surface area (Å²) in [6.07, 6.45) is 0.985. The Hall–Kier alpha value is -3.02. The Labute approximate surface area is 218 Å². The molecule has 2 saturated heterocycles. The highest BCUT2D eigenvalue weighted by molar-refractivity contribution is 8.26. The predicted molar refractivity (Wildman–Crippen MR) is 143 cm³/mol. The van der Waals surface area contributed by atoms with Gasteiger partial charge in [0.05, 0.1) is 33.7 Å². The number of carbonyl (C=O) groups excluding carboxylic acids is 3. The second-order valence-electron chi connectivity index (χ2n) is 8.80. The molecule has 0 saturated carbocycles. The molecular weight excluding hydrogens is 518 g/mol. The van der Waals surface area contributed by atoms with E-state index in [-0.39, 0.29) is 38.8 Å². The van der Waals surface area contributed by atoms with Gasteiger partial charge in [-0.05, 0) is 24.5 Å². The molecule has 2 aromatic rings. The lowest BCUT2D eigenvalue weighted by molar-refractivity contribution is -0.123. The zero-order valence-corrected chi connectivity index (χ0v) is 21.6. The Morgan fingerprint density at radius 3 is 2.50 bits per heavy atom. The van der Waals surface area contributed by atoms with Crippen LogP contribution >= 0.6 is 24.0 Å². The second kappa shape index (κ2) is 9.79. The number of sulfone groups is 1. The highest BCUT2D eigenvalue weighted by atomic mass is 32.2. The number of thioether (sulfide) groups is 1. The van der Waals surface area contributed by atoms with Crippen LogP contribution in [0, 0.1) is 0 Å². The molecule has 0 spiro atoms. The molecule has 11 heteroatoms. The molecular formula is C25H23N3O5S3. The summed E-state index contributed by atoms with van der Waals surface area (Å²) >= 11 is 6.43. The van der Waals surface area contributed by atoms with Crippen LogP contribution in [-0.2, 0) is 30.6 Å². The molecule has 2 aromatic carbocycles. The zero-order valence-electron chi connectivity index (χ0n) is 19.2. The van der Waals surface area contributed by atoms with E-state index >= 15 is 0 Å². The number of para-hydroxylation sites is 1. The van der Waals surface area contributed by atoms with E-state index in [4.69, 9.17) is 12.2 Å². The van der Waals surface area contributed by atoms with E-state index in [9.17, 15) is 22.8 Å². The Morgan fingerprint density at radius 1 is 1.06 bits per heavy atom. The summed E-state index contributed by atoms with van der Waals surface area (Å²) in [7, 11) is -3.22. The molecule has 3 amide bonds. The van der Waals surface area contributed by atoms with Crippen molar-refractivity contribution in [1.29, 1.82) is 0 Å². The lowest BCUT2D eigenvalue weighted by Crippen LogP contribution is -2.40. The molecule has 0 unspecified atom stereocenters. The van der Waals surface area contributed by atoms with Gasteiger partial charge in [0, 0.05) is 12.1 Å². The van der Waals surface area contributed by atoms with Crippen LogP contribution in [0.25, 0.3) is 5.57 Å². The lowest BCUT2D eigenvalue weighted by atomic mass is 10.1.